The van der Waals surface area contributed by atoms with E-state index in [0.717, 1.165) is 19.4 Å². The molecule has 1 N–H and O–H groups in total. The molecule has 0 bridgehead atoms. The standard InChI is InChI=1S/C16H22F3N/c1-15(2,3)20-10-11-8-9-12(11)13-6-4-5-7-14(13)16(17,18)19/h4-7,11-12,20H,8-10H2,1-3H3. The summed E-state index contributed by atoms with van der Waals surface area (Å²) in [5, 5.41) is 3.40. The molecule has 2 unspecified atom stereocenters. The lowest BCUT2D eigenvalue weighted by molar-refractivity contribution is -0.138. The van der Waals surface area contributed by atoms with E-state index in [0.29, 0.717) is 11.5 Å². The molecule has 2 atom stereocenters. The third-order valence-corrected chi connectivity index (χ3v) is 3.98. The molecule has 1 nitrogen and oxygen atoms in total. The first kappa shape index (κ1) is 15.4. The Balaban J connectivity index is 2.13. The Bertz CT molecular complexity index is 460. The molecular weight excluding hydrogens is 263 g/mol. The van der Waals surface area contributed by atoms with E-state index in [1.54, 1.807) is 12.1 Å². The molecule has 1 fully saturated rings. The lowest BCUT2D eigenvalue weighted by atomic mass is 9.68. The van der Waals surface area contributed by atoms with Crippen molar-refractivity contribution in [3.05, 3.63) is 35.4 Å². The van der Waals surface area contributed by atoms with Crippen molar-refractivity contribution >= 4 is 0 Å². The molecule has 0 spiro atoms. The van der Waals surface area contributed by atoms with Crippen LogP contribution in [0.5, 0.6) is 0 Å². The molecule has 1 aliphatic rings. The third kappa shape index (κ3) is 3.54. The van der Waals surface area contributed by atoms with E-state index in [2.05, 4.69) is 26.1 Å². The van der Waals surface area contributed by atoms with Gasteiger partial charge in [-0.3, -0.25) is 0 Å². The number of nitrogens with one attached hydrogen (secondary N) is 1. The van der Waals surface area contributed by atoms with Crippen LogP contribution in [0.4, 0.5) is 13.2 Å². The second-order valence-corrected chi connectivity index (χ2v) is 6.66. The van der Waals surface area contributed by atoms with Gasteiger partial charge < -0.3 is 5.32 Å². The maximum Gasteiger partial charge on any atom is 0.416 e. The highest BCUT2D eigenvalue weighted by Gasteiger charge is 2.40. The SMILES string of the molecule is CC(C)(C)NCC1CCC1c1ccccc1C(F)(F)F. The van der Waals surface area contributed by atoms with E-state index >= 15 is 0 Å². The van der Waals surface area contributed by atoms with Gasteiger partial charge in [-0.25, -0.2) is 0 Å². The summed E-state index contributed by atoms with van der Waals surface area (Å²) in [5.41, 5.74) is 0.00126. The maximum absolute atomic E-state index is 13.1. The van der Waals surface area contributed by atoms with Gasteiger partial charge in [-0.05, 0) is 63.6 Å². The van der Waals surface area contributed by atoms with Gasteiger partial charge in [0.1, 0.15) is 0 Å². The average molecular weight is 285 g/mol. The van der Waals surface area contributed by atoms with Crippen LogP contribution in [0.15, 0.2) is 24.3 Å². The van der Waals surface area contributed by atoms with E-state index in [1.807, 2.05) is 0 Å². The molecule has 4 heteroatoms. The van der Waals surface area contributed by atoms with Crippen molar-refractivity contribution in [1.82, 2.24) is 5.32 Å². The van der Waals surface area contributed by atoms with Gasteiger partial charge in [0.25, 0.3) is 0 Å². The van der Waals surface area contributed by atoms with E-state index in [9.17, 15) is 13.2 Å². The zero-order chi connectivity index (χ0) is 15.0. The first-order chi connectivity index (χ1) is 9.18. The molecule has 0 aliphatic heterocycles. The lowest BCUT2D eigenvalue weighted by Gasteiger charge is -2.40. The first-order valence-corrected chi connectivity index (χ1v) is 7.09. The van der Waals surface area contributed by atoms with Crippen LogP contribution in [-0.2, 0) is 6.18 Å². The topological polar surface area (TPSA) is 12.0 Å². The number of halogens is 3. The zero-order valence-electron chi connectivity index (χ0n) is 12.2. The van der Waals surface area contributed by atoms with Crippen LogP contribution in [0.25, 0.3) is 0 Å². The van der Waals surface area contributed by atoms with Crippen LogP contribution in [0.3, 0.4) is 0 Å². The Kier molecular flexibility index (Phi) is 4.14. The number of rotatable bonds is 3. The minimum absolute atomic E-state index is 0.00366. The van der Waals surface area contributed by atoms with Crippen molar-refractivity contribution in [2.45, 2.75) is 51.2 Å². The smallest absolute Gasteiger partial charge is 0.312 e. The summed E-state index contributed by atoms with van der Waals surface area (Å²) in [6.45, 7) is 7.00. The lowest BCUT2D eigenvalue weighted by Crippen LogP contribution is -2.43. The molecule has 0 aromatic heterocycles. The fourth-order valence-electron chi connectivity index (χ4n) is 2.74. The fraction of sp³-hybridized carbons (Fsp3) is 0.625. The zero-order valence-corrected chi connectivity index (χ0v) is 12.2. The Morgan fingerprint density at radius 3 is 2.25 bits per heavy atom. The number of benzene rings is 1. The van der Waals surface area contributed by atoms with E-state index < -0.39 is 11.7 Å². The predicted octanol–water partition coefficient (Wildman–Crippen LogP) is 4.59. The largest absolute Gasteiger partial charge is 0.416 e. The summed E-state index contributed by atoms with van der Waals surface area (Å²) in [5.74, 6) is 0.334. The summed E-state index contributed by atoms with van der Waals surface area (Å²) in [4.78, 5) is 0. The van der Waals surface area contributed by atoms with E-state index in [4.69, 9.17) is 0 Å². The Morgan fingerprint density at radius 1 is 1.10 bits per heavy atom. The van der Waals surface area contributed by atoms with Gasteiger partial charge in [0.2, 0.25) is 0 Å². The van der Waals surface area contributed by atoms with Crippen molar-refractivity contribution in [1.29, 1.82) is 0 Å². The fourth-order valence-corrected chi connectivity index (χ4v) is 2.74. The van der Waals surface area contributed by atoms with Crippen LogP contribution < -0.4 is 5.32 Å². The summed E-state index contributed by atoms with van der Waals surface area (Å²) in [6.07, 6.45) is -2.41. The van der Waals surface area contributed by atoms with Crippen LogP contribution in [0.1, 0.15) is 50.7 Å². The number of alkyl halides is 3. The van der Waals surface area contributed by atoms with Crippen molar-refractivity contribution in [3.63, 3.8) is 0 Å². The quantitative estimate of drug-likeness (QED) is 0.856. The average Bonchev–Trinajstić information content (AvgIpc) is 2.25. The van der Waals surface area contributed by atoms with Crippen LogP contribution in [0.2, 0.25) is 0 Å². The highest BCUT2D eigenvalue weighted by atomic mass is 19.4. The minimum Gasteiger partial charge on any atom is -0.312 e. The Morgan fingerprint density at radius 2 is 1.75 bits per heavy atom. The molecular formula is C16H22F3N. The second-order valence-electron chi connectivity index (χ2n) is 6.66. The van der Waals surface area contributed by atoms with Gasteiger partial charge in [-0.1, -0.05) is 18.2 Å². The molecule has 112 valence electrons. The molecule has 0 heterocycles. The van der Waals surface area contributed by atoms with Crippen LogP contribution in [0, 0.1) is 5.92 Å². The van der Waals surface area contributed by atoms with Crippen molar-refractivity contribution in [2.24, 2.45) is 5.92 Å². The summed E-state index contributed by atoms with van der Waals surface area (Å²) >= 11 is 0. The normalized spacial score (nSPS) is 23.5. The molecule has 1 aromatic rings. The molecule has 0 radical (unpaired) electrons. The highest BCUT2D eigenvalue weighted by molar-refractivity contribution is 5.34. The number of hydrogen-bond donors (Lipinski definition) is 1. The van der Waals surface area contributed by atoms with Gasteiger partial charge in [0.05, 0.1) is 5.56 Å². The van der Waals surface area contributed by atoms with Crippen LogP contribution >= 0.6 is 0 Å². The molecule has 2 rings (SSSR count). The first-order valence-electron chi connectivity index (χ1n) is 7.09. The number of hydrogen-bond acceptors (Lipinski definition) is 1. The van der Waals surface area contributed by atoms with Crippen LogP contribution in [-0.4, -0.2) is 12.1 Å². The van der Waals surface area contributed by atoms with Crippen molar-refractivity contribution < 1.29 is 13.2 Å². The molecule has 1 saturated carbocycles. The second kappa shape index (κ2) is 5.40. The summed E-state index contributed by atoms with van der Waals surface area (Å²) < 4.78 is 39.2. The molecule has 20 heavy (non-hydrogen) atoms. The van der Waals surface area contributed by atoms with Gasteiger partial charge in [0.15, 0.2) is 0 Å². The Labute approximate surface area is 118 Å². The molecule has 1 aliphatic carbocycles. The highest BCUT2D eigenvalue weighted by Crippen LogP contribution is 2.46. The summed E-state index contributed by atoms with van der Waals surface area (Å²) in [7, 11) is 0. The van der Waals surface area contributed by atoms with E-state index in [-0.39, 0.29) is 11.5 Å². The van der Waals surface area contributed by atoms with Gasteiger partial charge in [-0.2, -0.15) is 13.2 Å². The van der Waals surface area contributed by atoms with Gasteiger partial charge >= 0.3 is 6.18 Å². The Hall–Kier alpha value is -1.03. The molecule has 1 aromatic carbocycles. The third-order valence-electron chi connectivity index (χ3n) is 3.98. The van der Waals surface area contributed by atoms with Gasteiger partial charge in [-0.15, -0.1) is 0 Å². The maximum atomic E-state index is 13.1. The minimum atomic E-state index is -4.26. The molecule has 0 saturated heterocycles. The predicted molar refractivity (Wildman–Crippen MR) is 74.7 cm³/mol. The van der Waals surface area contributed by atoms with Crippen molar-refractivity contribution in [3.8, 4) is 0 Å². The van der Waals surface area contributed by atoms with Crippen molar-refractivity contribution in [2.75, 3.05) is 6.54 Å². The van der Waals surface area contributed by atoms with Gasteiger partial charge in [0, 0.05) is 5.54 Å². The molecule has 0 amide bonds. The summed E-state index contributed by atoms with van der Waals surface area (Å²) in [6, 6.07) is 6.00. The van der Waals surface area contributed by atoms with E-state index in [1.165, 1.54) is 12.1 Å². The monoisotopic (exact) mass is 285 g/mol.